The van der Waals surface area contributed by atoms with E-state index in [2.05, 4.69) is 5.32 Å². The third-order valence-corrected chi connectivity index (χ3v) is 3.95. The van der Waals surface area contributed by atoms with Crippen LogP contribution in [0.4, 0.5) is 5.69 Å². The second-order valence-electron chi connectivity index (χ2n) is 5.01. The van der Waals surface area contributed by atoms with Crippen molar-refractivity contribution in [3.63, 3.8) is 0 Å². The van der Waals surface area contributed by atoms with E-state index in [-0.39, 0.29) is 18.2 Å². The zero-order valence-corrected chi connectivity index (χ0v) is 10.8. The standard InChI is InChI=1S/C14H18N2O2/c1-9-5-3-6-10-12(9)15-13(18-2)11-7-4-8-16(11)14(10)17/h3,5-6,11,13,15H,4,7-8H2,1-2H3/t11-,13-/m0/s1. The molecule has 0 bridgehead atoms. The van der Waals surface area contributed by atoms with Crippen molar-refractivity contribution >= 4 is 11.6 Å². The smallest absolute Gasteiger partial charge is 0.256 e. The van der Waals surface area contributed by atoms with E-state index in [0.717, 1.165) is 36.2 Å². The van der Waals surface area contributed by atoms with Gasteiger partial charge in [0.15, 0.2) is 0 Å². The zero-order valence-electron chi connectivity index (χ0n) is 10.8. The average molecular weight is 246 g/mol. The van der Waals surface area contributed by atoms with E-state index in [1.807, 2.05) is 30.0 Å². The lowest BCUT2D eigenvalue weighted by molar-refractivity contribution is 0.0420. The van der Waals surface area contributed by atoms with Gasteiger partial charge in [-0.1, -0.05) is 12.1 Å². The van der Waals surface area contributed by atoms with E-state index < -0.39 is 0 Å². The Labute approximate surface area is 107 Å². The summed E-state index contributed by atoms with van der Waals surface area (Å²) in [5, 5.41) is 3.39. The number of benzene rings is 1. The van der Waals surface area contributed by atoms with E-state index in [4.69, 9.17) is 4.74 Å². The lowest BCUT2D eigenvalue weighted by Crippen LogP contribution is -2.44. The van der Waals surface area contributed by atoms with Gasteiger partial charge >= 0.3 is 0 Å². The summed E-state index contributed by atoms with van der Waals surface area (Å²) >= 11 is 0. The number of methoxy groups -OCH3 is 1. The van der Waals surface area contributed by atoms with Crippen molar-refractivity contribution in [2.24, 2.45) is 0 Å². The molecule has 2 heterocycles. The van der Waals surface area contributed by atoms with Crippen molar-refractivity contribution in [3.05, 3.63) is 29.3 Å². The summed E-state index contributed by atoms with van der Waals surface area (Å²) in [5.41, 5.74) is 2.77. The molecule has 0 radical (unpaired) electrons. The van der Waals surface area contributed by atoms with Crippen molar-refractivity contribution < 1.29 is 9.53 Å². The number of para-hydroxylation sites is 1. The molecule has 0 spiro atoms. The van der Waals surface area contributed by atoms with Crippen LogP contribution in [-0.2, 0) is 4.74 Å². The van der Waals surface area contributed by atoms with Gasteiger partial charge in [0.1, 0.15) is 6.23 Å². The molecule has 1 N–H and O–H groups in total. The quantitative estimate of drug-likeness (QED) is 0.824. The van der Waals surface area contributed by atoms with Gasteiger partial charge in [0.05, 0.1) is 17.3 Å². The lowest BCUT2D eigenvalue weighted by Gasteiger charge is -2.28. The van der Waals surface area contributed by atoms with Crippen molar-refractivity contribution in [2.75, 3.05) is 19.0 Å². The fraction of sp³-hybridized carbons (Fsp3) is 0.500. The summed E-state index contributed by atoms with van der Waals surface area (Å²) in [6.45, 7) is 2.85. The topological polar surface area (TPSA) is 41.6 Å². The number of carbonyl (C=O) groups is 1. The Morgan fingerprint density at radius 2 is 2.28 bits per heavy atom. The molecule has 3 rings (SSSR count). The minimum atomic E-state index is -0.112. The van der Waals surface area contributed by atoms with Crippen LogP contribution in [0.25, 0.3) is 0 Å². The number of anilines is 1. The van der Waals surface area contributed by atoms with Crippen LogP contribution < -0.4 is 5.32 Å². The number of ether oxygens (including phenoxy) is 1. The van der Waals surface area contributed by atoms with E-state index in [1.54, 1.807) is 7.11 Å². The minimum Gasteiger partial charge on any atom is -0.360 e. The molecule has 96 valence electrons. The Kier molecular flexibility index (Phi) is 2.74. The number of rotatable bonds is 1. The number of aryl methyl sites for hydroxylation is 1. The molecule has 2 aliphatic heterocycles. The van der Waals surface area contributed by atoms with Gasteiger partial charge in [-0.3, -0.25) is 4.79 Å². The molecule has 0 aliphatic carbocycles. The van der Waals surface area contributed by atoms with Crippen molar-refractivity contribution in [3.8, 4) is 0 Å². The van der Waals surface area contributed by atoms with Gasteiger partial charge in [-0.25, -0.2) is 0 Å². The highest BCUT2D eigenvalue weighted by Crippen LogP contribution is 2.32. The molecule has 2 atom stereocenters. The normalized spacial score (nSPS) is 26.3. The summed E-state index contributed by atoms with van der Waals surface area (Å²) in [6, 6.07) is 5.99. The predicted octanol–water partition coefficient (Wildman–Crippen LogP) is 2.00. The molecule has 2 aliphatic rings. The molecule has 1 fully saturated rings. The van der Waals surface area contributed by atoms with Crippen molar-refractivity contribution in [2.45, 2.75) is 32.0 Å². The van der Waals surface area contributed by atoms with E-state index in [0.29, 0.717) is 0 Å². The van der Waals surface area contributed by atoms with E-state index >= 15 is 0 Å². The second-order valence-corrected chi connectivity index (χ2v) is 5.01. The average Bonchev–Trinajstić information content (AvgIpc) is 2.81. The first-order valence-electron chi connectivity index (χ1n) is 6.42. The third-order valence-electron chi connectivity index (χ3n) is 3.95. The Bertz CT molecular complexity index is 487. The molecule has 4 heteroatoms. The van der Waals surface area contributed by atoms with Crippen LogP contribution in [0.2, 0.25) is 0 Å². The van der Waals surface area contributed by atoms with Crippen LogP contribution in [0.15, 0.2) is 18.2 Å². The monoisotopic (exact) mass is 246 g/mol. The van der Waals surface area contributed by atoms with Crippen molar-refractivity contribution in [1.29, 1.82) is 0 Å². The fourth-order valence-corrected chi connectivity index (χ4v) is 3.01. The number of hydrogen-bond donors (Lipinski definition) is 1. The van der Waals surface area contributed by atoms with Gasteiger partial charge in [-0.2, -0.15) is 0 Å². The molecule has 1 amide bonds. The predicted molar refractivity (Wildman–Crippen MR) is 69.7 cm³/mol. The maximum atomic E-state index is 12.6. The number of fused-ring (bicyclic) bond motifs is 2. The first-order chi connectivity index (χ1) is 8.72. The van der Waals surface area contributed by atoms with Crippen LogP contribution >= 0.6 is 0 Å². The van der Waals surface area contributed by atoms with Crippen LogP contribution in [0.3, 0.4) is 0 Å². The van der Waals surface area contributed by atoms with Crippen LogP contribution in [0.5, 0.6) is 0 Å². The molecular formula is C14H18N2O2. The molecule has 0 aromatic heterocycles. The Morgan fingerprint density at radius 1 is 1.44 bits per heavy atom. The van der Waals surface area contributed by atoms with Gasteiger partial charge < -0.3 is 15.0 Å². The Morgan fingerprint density at radius 3 is 3.06 bits per heavy atom. The van der Waals surface area contributed by atoms with Gasteiger partial charge in [-0.05, 0) is 31.4 Å². The third kappa shape index (κ3) is 1.60. The van der Waals surface area contributed by atoms with E-state index in [9.17, 15) is 4.79 Å². The summed E-state index contributed by atoms with van der Waals surface area (Å²) in [7, 11) is 1.70. The first-order valence-corrected chi connectivity index (χ1v) is 6.42. The van der Waals surface area contributed by atoms with Gasteiger partial charge in [0, 0.05) is 13.7 Å². The van der Waals surface area contributed by atoms with E-state index in [1.165, 1.54) is 0 Å². The SMILES string of the molecule is CO[C@@H]1Nc2c(C)cccc2C(=O)N2CCC[C@@H]12. The number of nitrogens with one attached hydrogen (secondary N) is 1. The maximum absolute atomic E-state index is 12.6. The van der Waals surface area contributed by atoms with Gasteiger partial charge in [0.2, 0.25) is 0 Å². The molecular weight excluding hydrogens is 228 g/mol. The summed E-state index contributed by atoms with van der Waals surface area (Å²) in [6.07, 6.45) is 1.95. The number of nitrogens with zero attached hydrogens (tertiary/aromatic N) is 1. The number of carbonyl (C=O) groups excluding carboxylic acids is 1. The van der Waals surface area contributed by atoms with Gasteiger partial charge in [-0.15, -0.1) is 0 Å². The summed E-state index contributed by atoms with van der Waals surface area (Å²) in [5.74, 6) is 0.128. The molecule has 1 saturated heterocycles. The molecule has 0 unspecified atom stereocenters. The first kappa shape index (κ1) is 11.5. The molecule has 0 saturated carbocycles. The number of hydrogen-bond acceptors (Lipinski definition) is 3. The zero-order chi connectivity index (χ0) is 12.7. The largest absolute Gasteiger partial charge is 0.360 e. The highest BCUT2D eigenvalue weighted by Gasteiger charge is 2.39. The Hall–Kier alpha value is -1.55. The highest BCUT2D eigenvalue weighted by atomic mass is 16.5. The fourth-order valence-electron chi connectivity index (χ4n) is 3.01. The second kappa shape index (κ2) is 4.28. The van der Waals surface area contributed by atoms with Gasteiger partial charge in [0.25, 0.3) is 5.91 Å². The summed E-state index contributed by atoms with van der Waals surface area (Å²) in [4.78, 5) is 14.5. The minimum absolute atomic E-state index is 0.112. The lowest BCUT2D eigenvalue weighted by atomic mass is 10.1. The Balaban J connectivity index is 2.10. The van der Waals surface area contributed by atoms with Crippen LogP contribution in [0, 0.1) is 6.92 Å². The van der Waals surface area contributed by atoms with Crippen LogP contribution in [-0.4, -0.2) is 36.7 Å². The highest BCUT2D eigenvalue weighted by molar-refractivity contribution is 6.01. The molecule has 1 aromatic carbocycles. The van der Waals surface area contributed by atoms with Crippen molar-refractivity contribution in [1.82, 2.24) is 4.90 Å². The maximum Gasteiger partial charge on any atom is 0.256 e. The molecule has 4 nitrogen and oxygen atoms in total. The van der Waals surface area contributed by atoms with Crippen LogP contribution in [0.1, 0.15) is 28.8 Å². The number of amides is 1. The summed E-state index contributed by atoms with van der Waals surface area (Å²) < 4.78 is 5.54. The molecule has 18 heavy (non-hydrogen) atoms. The molecule has 1 aromatic rings.